The van der Waals surface area contributed by atoms with Crippen LogP contribution in [0.1, 0.15) is 12.5 Å². The van der Waals surface area contributed by atoms with Crippen molar-refractivity contribution in [1.29, 1.82) is 0 Å². The zero-order valence-electron chi connectivity index (χ0n) is 12.1. The highest BCUT2D eigenvalue weighted by Gasteiger charge is 2.12. The maximum Gasteiger partial charge on any atom is 0.330 e. The van der Waals surface area contributed by atoms with E-state index < -0.39 is 0 Å². The molecule has 2 aromatic rings. The fourth-order valence-electron chi connectivity index (χ4n) is 1.65. The smallest absolute Gasteiger partial charge is 0.330 e. The minimum absolute atomic E-state index is 0.0531. The third kappa shape index (κ3) is 3.48. The minimum Gasteiger partial charge on any atom is -0.493 e. The van der Waals surface area contributed by atoms with E-state index in [4.69, 9.17) is 20.1 Å². The van der Waals surface area contributed by atoms with E-state index in [1.54, 1.807) is 13.2 Å². The monoisotopic (exact) mass is 291 g/mol. The fraction of sp³-hybridized carbons (Fsp3) is 0.308. The van der Waals surface area contributed by atoms with Crippen molar-refractivity contribution < 1.29 is 14.2 Å². The fourth-order valence-corrected chi connectivity index (χ4v) is 1.65. The van der Waals surface area contributed by atoms with Crippen molar-refractivity contribution in [1.82, 2.24) is 15.0 Å². The Bertz CT molecular complexity index is 599. The number of hydrazine groups is 1. The number of aryl methyl sites for hydroxylation is 1. The van der Waals surface area contributed by atoms with Gasteiger partial charge in [0.15, 0.2) is 11.5 Å². The molecule has 0 saturated heterocycles. The van der Waals surface area contributed by atoms with Crippen LogP contribution in [-0.4, -0.2) is 29.2 Å². The number of rotatable bonds is 6. The summed E-state index contributed by atoms with van der Waals surface area (Å²) in [5, 5.41) is 0. The van der Waals surface area contributed by atoms with Crippen LogP contribution in [0.2, 0.25) is 0 Å². The van der Waals surface area contributed by atoms with Gasteiger partial charge in [-0.05, 0) is 24.1 Å². The molecule has 0 atom stereocenters. The Balaban J connectivity index is 2.33. The minimum atomic E-state index is 0.0531. The summed E-state index contributed by atoms with van der Waals surface area (Å²) in [7, 11) is 3.01. The van der Waals surface area contributed by atoms with Crippen molar-refractivity contribution in [3.63, 3.8) is 0 Å². The first-order valence-corrected chi connectivity index (χ1v) is 6.31. The summed E-state index contributed by atoms with van der Waals surface area (Å²) in [6, 6.07) is 5.78. The van der Waals surface area contributed by atoms with Gasteiger partial charge in [0.05, 0.1) is 14.2 Å². The number of aromatic nitrogens is 3. The van der Waals surface area contributed by atoms with Gasteiger partial charge in [-0.1, -0.05) is 13.0 Å². The van der Waals surface area contributed by atoms with Crippen LogP contribution in [0.4, 0.5) is 5.95 Å². The standard InChI is InChI=1S/C13H17N5O3/c1-4-8-5-6-9(10(7-8)19-2)21-13-16-11(18-14)15-12(17-13)20-3/h5-7H,4,14H2,1-3H3,(H,15,16,17,18). The first-order chi connectivity index (χ1) is 10.2. The lowest BCUT2D eigenvalue weighted by molar-refractivity contribution is 0.346. The van der Waals surface area contributed by atoms with E-state index in [-0.39, 0.29) is 18.0 Å². The third-order valence-electron chi connectivity index (χ3n) is 2.74. The Morgan fingerprint density at radius 2 is 1.81 bits per heavy atom. The van der Waals surface area contributed by atoms with Crippen LogP contribution >= 0.6 is 0 Å². The van der Waals surface area contributed by atoms with Crippen LogP contribution in [0.5, 0.6) is 23.5 Å². The number of hydrogen-bond donors (Lipinski definition) is 2. The molecule has 21 heavy (non-hydrogen) atoms. The van der Waals surface area contributed by atoms with Crippen LogP contribution in [0, 0.1) is 0 Å². The van der Waals surface area contributed by atoms with Crippen molar-refractivity contribution in [3.8, 4) is 23.5 Å². The van der Waals surface area contributed by atoms with Crippen molar-refractivity contribution in [2.24, 2.45) is 5.84 Å². The second kappa shape index (κ2) is 6.71. The molecule has 0 radical (unpaired) electrons. The van der Waals surface area contributed by atoms with Crippen LogP contribution in [0.25, 0.3) is 0 Å². The quantitative estimate of drug-likeness (QED) is 0.610. The molecule has 1 aromatic carbocycles. The van der Waals surface area contributed by atoms with Crippen molar-refractivity contribution in [3.05, 3.63) is 23.8 Å². The largest absolute Gasteiger partial charge is 0.493 e. The van der Waals surface area contributed by atoms with Gasteiger partial charge in [-0.25, -0.2) is 5.84 Å². The van der Waals surface area contributed by atoms with Gasteiger partial charge >= 0.3 is 12.0 Å². The highest BCUT2D eigenvalue weighted by molar-refractivity contribution is 5.44. The molecule has 0 aliphatic carbocycles. The van der Waals surface area contributed by atoms with Crippen molar-refractivity contribution in [2.75, 3.05) is 19.6 Å². The van der Waals surface area contributed by atoms with E-state index >= 15 is 0 Å². The van der Waals surface area contributed by atoms with E-state index in [1.165, 1.54) is 7.11 Å². The molecule has 0 aliphatic rings. The predicted octanol–water partition coefficient (Wildman–Crippen LogP) is 1.53. The SMILES string of the molecule is CCc1ccc(Oc2nc(NN)nc(OC)n2)c(OC)c1. The van der Waals surface area contributed by atoms with Gasteiger partial charge in [0.1, 0.15) is 0 Å². The molecule has 0 saturated carbocycles. The van der Waals surface area contributed by atoms with Crippen LogP contribution in [0.3, 0.4) is 0 Å². The van der Waals surface area contributed by atoms with Crippen LogP contribution < -0.4 is 25.5 Å². The molecular weight excluding hydrogens is 274 g/mol. The Morgan fingerprint density at radius 1 is 1.05 bits per heavy atom. The Morgan fingerprint density at radius 3 is 2.43 bits per heavy atom. The average Bonchev–Trinajstić information content (AvgIpc) is 2.54. The van der Waals surface area contributed by atoms with Gasteiger partial charge < -0.3 is 14.2 Å². The van der Waals surface area contributed by atoms with Gasteiger partial charge in [-0.3, -0.25) is 5.43 Å². The summed E-state index contributed by atoms with van der Waals surface area (Å²) in [5.74, 6) is 6.52. The van der Waals surface area contributed by atoms with Gasteiger partial charge in [0, 0.05) is 0 Å². The summed E-state index contributed by atoms with van der Waals surface area (Å²) in [4.78, 5) is 11.9. The normalized spacial score (nSPS) is 10.1. The topological polar surface area (TPSA) is 104 Å². The lowest BCUT2D eigenvalue weighted by atomic mass is 10.1. The summed E-state index contributed by atoms with van der Waals surface area (Å²) in [6.07, 6.45) is 0.900. The molecule has 0 spiro atoms. The number of benzene rings is 1. The Labute approximate surface area is 122 Å². The highest BCUT2D eigenvalue weighted by Crippen LogP contribution is 2.31. The summed E-state index contributed by atoms with van der Waals surface area (Å²) >= 11 is 0. The Hall–Kier alpha value is -2.61. The molecule has 0 fully saturated rings. The molecule has 0 aliphatic heterocycles. The zero-order valence-corrected chi connectivity index (χ0v) is 12.1. The summed E-state index contributed by atoms with van der Waals surface area (Å²) < 4.78 is 15.9. The van der Waals surface area contributed by atoms with Crippen molar-refractivity contribution >= 4 is 5.95 Å². The number of methoxy groups -OCH3 is 2. The molecule has 3 N–H and O–H groups in total. The van der Waals surface area contributed by atoms with E-state index in [0.717, 1.165) is 12.0 Å². The van der Waals surface area contributed by atoms with E-state index in [0.29, 0.717) is 11.5 Å². The first-order valence-electron chi connectivity index (χ1n) is 6.31. The lowest BCUT2D eigenvalue weighted by Gasteiger charge is -2.11. The molecule has 8 heteroatoms. The number of nitrogen functional groups attached to an aromatic ring is 1. The summed E-state index contributed by atoms with van der Waals surface area (Å²) in [5.41, 5.74) is 3.46. The molecule has 8 nitrogen and oxygen atoms in total. The highest BCUT2D eigenvalue weighted by atomic mass is 16.5. The molecular formula is C13H17N5O3. The lowest BCUT2D eigenvalue weighted by Crippen LogP contribution is -2.12. The predicted molar refractivity (Wildman–Crippen MR) is 76.6 cm³/mol. The second-order valence-corrected chi connectivity index (χ2v) is 4.01. The van der Waals surface area contributed by atoms with Gasteiger partial charge in [-0.15, -0.1) is 4.98 Å². The Kier molecular flexibility index (Phi) is 4.72. The summed E-state index contributed by atoms with van der Waals surface area (Å²) in [6.45, 7) is 2.06. The maximum absolute atomic E-state index is 5.62. The third-order valence-corrected chi connectivity index (χ3v) is 2.74. The number of anilines is 1. The van der Waals surface area contributed by atoms with Gasteiger partial charge in [0.25, 0.3) is 0 Å². The molecule has 0 amide bonds. The van der Waals surface area contributed by atoms with Crippen LogP contribution in [-0.2, 0) is 6.42 Å². The first kappa shape index (κ1) is 14.8. The molecule has 2 rings (SSSR count). The molecule has 1 heterocycles. The number of ether oxygens (including phenoxy) is 3. The number of nitrogens with one attached hydrogen (secondary N) is 1. The molecule has 0 unspecified atom stereocenters. The van der Waals surface area contributed by atoms with E-state index in [9.17, 15) is 0 Å². The average molecular weight is 291 g/mol. The van der Waals surface area contributed by atoms with Crippen LogP contribution in [0.15, 0.2) is 18.2 Å². The number of hydrogen-bond acceptors (Lipinski definition) is 8. The number of nitrogens with two attached hydrogens (primary N) is 1. The maximum atomic E-state index is 5.62. The number of nitrogens with zero attached hydrogens (tertiary/aromatic N) is 3. The molecule has 112 valence electrons. The van der Waals surface area contributed by atoms with Crippen molar-refractivity contribution in [2.45, 2.75) is 13.3 Å². The van der Waals surface area contributed by atoms with Gasteiger partial charge in [-0.2, -0.15) is 9.97 Å². The van der Waals surface area contributed by atoms with Gasteiger partial charge in [0.2, 0.25) is 5.95 Å². The molecule has 1 aromatic heterocycles. The van der Waals surface area contributed by atoms with E-state index in [1.807, 2.05) is 12.1 Å². The zero-order chi connectivity index (χ0) is 15.2. The molecule has 0 bridgehead atoms. The second-order valence-electron chi connectivity index (χ2n) is 4.01. The van der Waals surface area contributed by atoms with E-state index in [2.05, 4.69) is 27.3 Å².